The molecule has 2 rings (SSSR count). The molecule has 1 aromatic carbocycles. The third kappa shape index (κ3) is 2.64. The molecule has 1 aliphatic heterocycles. The third-order valence-corrected chi connectivity index (χ3v) is 3.49. The molecule has 4 nitrogen and oxygen atoms in total. The molecule has 18 heavy (non-hydrogen) atoms. The molecule has 1 atom stereocenters. The summed E-state index contributed by atoms with van der Waals surface area (Å²) in [5.74, 6) is -0.278. The first kappa shape index (κ1) is 12.9. The lowest BCUT2D eigenvalue weighted by atomic mass is 10.1. The maximum atomic E-state index is 11.6. The maximum absolute atomic E-state index is 11.6. The van der Waals surface area contributed by atoms with Crippen molar-refractivity contribution in [1.82, 2.24) is 4.90 Å². The van der Waals surface area contributed by atoms with Gasteiger partial charge in [-0.15, -0.1) is 0 Å². The van der Waals surface area contributed by atoms with Crippen molar-refractivity contribution >= 4 is 11.7 Å². The smallest absolute Gasteiger partial charge is 0.338 e. The van der Waals surface area contributed by atoms with Crippen molar-refractivity contribution in [1.29, 1.82) is 0 Å². The van der Waals surface area contributed by atoms with E-state index in [-0.39, 0.29) is 5.97 Å². The van der Waals surface area contributed by atoms with Crippen LogP contribution in [-0.2, 0) is 4.74 Å². The molecule has 1 saturated heterocycles. The van der Waals surface area contributed by atoms with E-state index >= 15 is 0 Å². The second-order valence-corrected chi connectivity index (χ2v) is 4.86. The Kier molecular flexibility index (Phi) is 3.87. The maximum Gasteiger partial charge on any atom is 0.338 e. The third-order valence-electron chi connectivity index (χ3n) is 3.49. The van der Waals surface area contributed by atoms with Gasteiger partial charge in [-0.05, 0) is 44.6 Å². The average Bonchev–Trinajstić information content (AvgIpc) is 2.76. The fourth-order valence-electron chi connectivity index (χ4n) is 2.40. The number of likely N-dealkylation sites (tertiary alicyclic amines) is 1. The molecule has 0 aliphatic carbocycles. The monoisotopic (exact) mass is 248 g/mol. The van der Waals surface area contributed by atoms with Crippen molar-refractivity contribution < 1.29 is 9.53 Å². The van der Waals surface area contributed by atoms with E-state index in [0.717, 1.165) is 30.8 Å². The quantitative estimate of drug-likeness (QED) is 0.830. The molecule has 1 fully saturated rings. The van der Waals surface area contributed by atoms with Crippen LogP contribution in [0.2, 0.25) is 0 Å². The van der Waals surface area contributed by atoms with E-state index in [1.807, 2.05) is 19.1 Å². The second kappa shape index (κ2) is 5.40. The lowest BCUT2D eigenvalue weighted by molar-refractivity contribution is 0.0600. The van der Waals surface area contributed by atoms with Gasteiger partial charge in [0.2, 0.25) is 0 Å². The summed E-state index contributed by atoms with van der Waals surface area (Å²) in [4.78, 5) is 13.9. The summed E-state index contributed by atoms with van der Waals surface area (Å²) in [5.41, 5.74) is 2.62. The molecule has 1 aliphatic rings. The molecule has 0 aromatic heterocycles. The molecule has 0 saturated carbocycles. The summed E-state index contributed by atoms with van der Waals surface area (Å²) < 4.78 is 4.78. The molecular formula is C14H20N2O2. The number of ether oxygens (including phenoxy) is 1. The number of methoxy groups -OCH3 is 1. The van der Waals surface area contributed by atoms with Crippen LogP contribution < -0.4 is 5.32 Å². The van der Waals surface area contributed by atoms with Gasteiger partial charge in [-0.3, -0.25) is 0 Å². The lowest BCUT2D eigenvalue weighted by Crippen LogP contribution is -2.24. The van der Waals surface area contributed by atoms with Gasteiger partial charge in [-0.25, -0.2) is 4.79 Å². The van der Waals surface area contributed by atoms with E-state index in [9.17, 15) is 4.79 Å². The molecule has 1 heterocycles. The number of esters is 1. The number of rotatable bonds is 3. The minimum Gasteiger partial charge on any atom is -0.465 e. The van der Waals surface area contributed by atoms with Gasteiger partial charge >= 0.3 is 5.97 Å². The van der Waals surface area contributed by atoms with Gasteiger partial charge in [0.05, 0.1) is 12.7 Å². The predicted octanol–water partition coefficient (Wildman–Crippen LogP) is 1.90. The van der Waals surface area contributed by atoms with E-state index in [1.165, 1.54) is 7.11 Å². The van der Waals surface area contributed by atoms with Crippen LogP contribution in [0.1, 0.15) is 22.3 Å². The standard InChI is InChI=1S/C14H20N2O2/c1-10-12(14(17)18-3)5-4-6-13(10)15-11-7-8-16(2)9-11/h4-6,11,15H,7-9H2,1-3H3. The molecule has 4 heteroatoms. The SMILES string of the molecule is COC(=O)c1cccc(NC2CCN(C)C2)c1C. The van der Waals surface area contributed by atoms with Crippen molar-refractivity contribution in [3.63, 3.8) is 0 Å². The summed E-state index contributed by atoms with van der Waals surface area (Å²) in [7, 11) is 3.53. The fraction of sp³-hybridized carbons (Fsp3) is 0.500. The number of carbonyl (C=O) groups excluding carboxylic acids is 1. The van der Waals surface area contributed by atoms with Gasteiger partial charge in [0.15, 0.2) is 0 Å². The summed E-state index contributed by atoms with van der Waals surface area (Å²) in [5, 5.41) is 3.51. The Morgan fingerprint density at radius 2 is 2.28 bits per heavy atom. The van der Waals surface area contributed by atoms with Crippen LogP contribution in [0.3, 0.4) is 0 Å². The Balaban J connectivity index is 2.16. The molecule has 0 amide bonds. The number of nitrogens with zero attached hydrogens (tertiary/aromatic N) is 1. The number of benzene rings is 1. The molecule has 1 aromatic rings. The summed E-state index contributed by atoms with van der Waals surface area (Å²) in [6.07, 6.45) is 1.14. The summed E-state index contributed by atoms with van der Waals surface area (Å²) in [6.45, 7) is 4.11. The van der Waals surface area contributed by atoms with E-state index < -0.39 is 0 Å². The van der Waals surface area contributed by atoms with Gasteiger partial charge in [0, 0.05) is 18.3 Å². The highest BCUT2D eigenvalue weighted by Crippen LogP contribution is 2.22. The van der Waals surface area contributed by atoms with Crippen LogP contribution in [0, 0.1) is 6.92 Å². The zero-order valence-electron chi connectivity index (χ0n) is 11.2. The van der Waals surface area contributed by atoms with Gasteiger partial charge < -0.3 is 15.0 Å². The van der Waals surface area contributed by atoms with Crippen LogP contribution in [0.4, 0.5) is 5.69 Å². The van der Waals surface area contributed by atoms with Crippen molar-refractivity contribution in [3.8, 4) is 0 Å². The largest absolute Gasteiger partial charge is 0.465 e. The number of likely N-dealkylation sites (N-methyl/N-ethyl adjacent to an activating group) is 1. The normalized spacial score (nSPS) is 19.8. The zero-order valence-corrected chi connectivity index (χ0v) is 11.2. The predicted molar refractivity (Wildman–Crippen MR) is 72.0 cm³/mol. The van der Waals surface area contributed by atoms with Crippen molar-refractivity contribution in [2.75, 3.05) is 32.6 Å². The molecule has 0 radical (unpaired) electrons. The molecule has 0 spiro atoms. The lowest BCUT2D eigenvalue weighted by Gasteiger charge is -2.17. The van der Waals surface area contributed by atoms with Gasteiger partial charge in [-0.2, -0.15) is 0 Å². The number of anilines is 1. The Morgan fingerprint density at radius 1 is 1.50 bits per heavy atom. The minimum absolute atomic E-state index is 0.278. The molecule has 1 N–H and O–H groups in total. The van der Waals surface area contributed by atoms with E-state index in [2.05, 4.69) is 17.3 Å². The first-order chi connectivity index (χ1) is 8.61. The highest BCUT2D eigenvalue weighted by Gasteiger charge is 2.20. The first-order valence-corrected chi connectivity index (χ1v) is 6.25. The van der Waals surface area contributed by atoms with Crippen LogP contribution >= 0.6 is 0 Å². The highest BCUT2D eigenvalue weighted by atomic mass is 16.5. The fourth-order valence-corrected chi connectivity index (χ4v) is 2.40. The molecule has 98 valence electrons. The molecule has 0 bridgehead atoms. The summed E-state index contributed by atoms with van der Waals surface area (Å²) >= 11 is 0. The topological polar surface area (TPSA) is 41.6 Å². The first-order valence-electron chi connectivity index (χ1n) is 6.25. The van der Waals surface area contributed by atoms with Crippen molar-refractivity contribution in [2.24, 2.45) is 0 Å². The van der Waals surface area contributed by atoms with Crippen LogP contribution in [-0.4, -0.2) is 44.2 Å². The van der Waals surface area contributed by atoms with E-state index in [0.29, 0.717) is 11.6 Å². The number of nitrogens with one attached hydrogen (secondary N) is 1. The van der Waals surface area contributed by atoms with Crippen molar-refractivity contribution in [2.45, 2.75) is 19.4 Å². The average molecular weight is 248 g/mol. The second-order valence-electron chi connectivity index (χ2n) is 4.86. The highest BCUT2D eigenvalue weighted by molar-refractivity contribution is 5.92. The molecular weight excluding hydrogens is 228 g/mol. The number of hydrogen-bond donors (Lipinski definition) is 1. The Bertz CT molecular complexity index is 445. The van der Waals surface area contributed by atoms with Crippen LogP contribution in [0.5, 0.6) is 0 Å². The van der Waals surface area contributed by atoms with Crippen molar-refractivity contribution in [3.05, 3.63) is 29.3 Å². The van der Waals surface area contributed by atoms with E-state index in [4.69, 9.17) is 4.74 Å². The van der Waals surface area contributed by atoms with Gasteiger partial charge in [0.25, 0.3) is 0 Å². The molecule has 1 unspecified atom stereocenters. The van der Waals surface area contributed by atoms with Crippen LogP contribution in [0.25, 0.3) is 0 Å². The van der Waals surface area contributed by atoms with Gasteiger partial charge in [-0.1, -0.05) is 6.07 Å². The Hall–Kier alpha value is -1.55. The number of hydrogen-bond acceptors (Lipinski definition) is 4. The van der Waals surface area contributed by atoms with Crippen LogP contribution in [0.15, 0.2) is 18.2 Å². The number of carbonyl (C=O) groups is 1. The minimum atomic E-state index is -0.278. The van der Waals surface area contributed by atoms with E-state index in [1.54, 1.807) is 6.07 Å². The Morgan fingerprint density at radius 3 is 2.89 bits per heavy atom. The zero-order chi connectivity index (χ0) is 13.1. The Labute approximate surface area is 108 Å². The summed E-state index contributed by atoms with van der Waals surface area (Å²) in [6, 6.07) is 6.16. The van der Waals surface area contributed by atoms with Gasteiger partial charge in [0.1, 0.15) is 0 Å².